The summed E-state index contributed by atoms with van der Waals surface area (Å²) in [5, 5.41) is 9.53. The molecule has 0 fully saturated rings. The third-order valence-electron chi connectivity index (χ3n) is 5.74. The molecule has 0 spiro atoms. The average molecular weight is 481 g/mol. The van der Waals surface area contributed by atoms with Crippen LogP contribution >= 0.6 is 12.2 Å². The Balaban J connectivity index is 1.78. The van der Waals surface area contributed by atoms with Gasteiger partial charge in [-0.3, -0.25) is 0 Å². The number of amides is 2. The van der Waals surface area contributed by atoms with E-state index in [9.17, 15) is 9.59 Å². The van der Waals surface area contributed by atoms with Gasteiger partial charge in [0.25, 0.3) is 0 Å². The zero-order valence-electron chi connectivity index (χ0n) is 20.5. The number of thiocarbonyl (C=S) groups is 1. The summed E-state index contributed by atoms with van der Waals surface area (Å²) in [5.41, 5.74) is 5.52. The number of nitrogens with zero attached hydrogens (tertiary/aromatic N) is 1. The molecule has 0 aliphatic carbocycles. The number of nitrogens with one attached hydrogen (secondary N) is 3. The predicted molar refractivity (Wildman–Crippen MR) is 140 cm³/mol. The van der Waals surface area contributed by atoms with Crippen molar-refractivity contribution in [3.8, 4) is 0 Å². The predicted octanol–water partition coefficient (Wildman–Crippen LogP) is 5.28. The number of hydrogen-bond donors (Lipinski definition) is 3. The number of rotatable bonds is 6. The van der Waals surface area contributed by atoms with Gasteiger partial charge in [-0.1, -0.05) is 44.2 Å². The second-order valence-corrected chi connectivity index (χ2v) is 9.29. The highest BCUT2D eigenvalue weighted by Gasteiger charge is 2.33. The van der Waals surface area contributed by atoms with E-state index in [0.29, 0.717) is 23.0 Å². The van der Waals surface area contributed by atoms with Gasteiger partial charge in [-0.25, -0.2) is 9.59 Å². The molecule has 34 heavy (non-hydrogen) atoms. The van der Waals surface area contributed by atoms with E-state index in [1.165, 1.54) is 0 Å². The zero-order chi connectivity index (χ0) is 25.0. The number of para-hydroxylation sites is 1. The molecule has 7 nitrogen and oxygen atoms in total. The molecule has 1 atom stereocenters. The van der Waals surface area contributed by atoms with Crippen LogP contribution in [0.4, 0.5) is 16.2 Å². The number of hydrogen-bond acceptors (Lipinski definition) is 4. The summed E-state index contributed by atoms with van der Waals surface area (Å²) >= 11 is 5.46. The molecule has 2 aromatic rings. The fraction of sp³-hybridized carbons (Fsp3) is 0.346. The van der Waals surface area contributed by atoms with E-state index in [4.69, 9.17) is 17.0 Å². The number of aryl methyl sites for hydroxylation is 2. The number of carbonyl (C=O) groups is 2. The molecular formula is C26H32N4O3S. The Morgan fingerprint density at radius 1 is 1.06 bits per heavy atom. The molecule has 1 heterocycles. The Morgan fingerprint density at radius 2 is 1.68 bits per heavy atom. The van der Waals surface area contributed by atoms with Gasteiger partial charge in [0.1, 0.15) is 0 Å². The number of esters is 1. The van der Waals surface area contributed by atoms with Gasteiger partial charge < -0.3 is 25.6 Å². The highest BCUT2D eigenvalue weighted by molar-refractivity contribution is 7.80. The summed E-state index contributed by atoms with van der Waals surface area (Å²) in [4.78, 5) is 27.2. The quantitative estimate of drug-likeness (QED) is 0.385. The number of urea groups is 1. The van der Waals surface area contributed by atoms with Crippen LogP contribution in [0.1, 0.15) is 43.5 Å². The monoisotopic (exact) mass is 480 g/mol. The molecule has 0 bridgehead atoms. The van der Waals surface area contributed by atoms with Crippen LogP contribution in [0.25, 0.3) is 0 Å². The highest BCUT2D eigenvalue weighted by Crippen LogP contribution is 2.31. The van der Waals surface area contributed by atoms with Crippen LogP contribution in [0, 0.1) is 19.8 Å². The molecule has 8 heteroatoms. The first-order chi connectivity index (χ1) is 16.1. The van der Waals surface area contributed by atoms with Gasteiger partial charge in [-0.2, -0.15) is 0 Å². The Hall–Kier alpha value is -3.39. The Bertz CT molecular complexity index is 1110. The summed E-state index contributed by atoms with van der Waals surface area (Å²) < 4.78 is 5.53. The number of benzene rings is 2. The molecule has 3 N–H and O–H groups in total. The van der Waals surface area contributed by atoms with Gasteiger partial charge in [0.15, 0.2) is 5.11 Å². The molecule has 2 amide bonds. The van der Waals surface area contributed by atoms with E-state index in [1.54, 1.807) is 17.0 Å². The van der Waals surface area contributed by atoms with Gasteiger partial charge in [0.05, 0.1) is 18.2 Å². The minimum Gasteiger partial charge on any atom is -0.462 e. The first-order valence-electron chi connectivity index (χ1n) is 11.2. The summed E-state index contributed by atoms with van der Waals surface area (Å²) in [6.45, 7) is 10.1. The van der Waals surface area contributed by atoms with E-state index in [1.807, 2.05) is 72.0 Å². The molecule has 1 aliphatic rings. The largest absolute Gasteiger partial charge is 0.462 e. The van der Waals surface area contributed by atoms with Gasteiger partial charge >= 0.3 is 12.0 Å². The zero-order valence-corrected chi connectivity index (χ0v) is 21.3. The highest BCUT2D eigenvalue weighted by atomic mass is 32.1. The van der Waals surface area contributed by atoms with Crippen molar-refractivity contribution in [3.63, 3.8) is 0 Å². The van der Waals surface area contributed by atoms with E-state index >= 15 is 0 Å². The smallest absolute Gasteiger partial charge is 0.338 e. The number of anilines is 2. The standard InChI is InChI=1S/C26H32N4O3S/c1-15(2)14-33-24(31)21-18(5)30(6)26(34)29-23(21)19-10-12-20(13-11-19)27-25(32)28-22-16(3)8-7-9-17(22)4/h7-13,15,23H,14H2,1-6H3,(H,29,34)(H2,27,28,32). The van der Waals surface area contributed by atoms with Crippen molar-refractivity contribution in [2.45, 2.75) is 40.7 Å². The molecular weight excluding hydrogens is 448 g/mol. The lowest BCUT2D eigenvalue weighted by Crippen LogP contribution is -2.46. The molecule has 0 saturated carbocycles. The SMILES string of the molecule is CC1=C(C(=O)OCC(C)C)C(c2ccc(NC(=O)Nc3c(C)cccc3C)cc2)NC(=S)N1C. The molecule has 1 unspecified atom stereocenters. The summed E-state index contributed by atoms with van der Waals surface area (Å²) in [7, 11) is 1.82. The van der Waals surface area contributed by atoms with Crippen molar-refractivity contribution < 1.29 is 14.3 Å². The summed E-state index contributed by atoms with van der Waals surface area (Å²) in [5.74, 6) is -0.133. The molecule has 0 radical (unpaired) electrons. The van der Waals surface area contributed by atoms with Gasteiger partial charge in [-0.15, -0.1) is 0 Å². The molecule has 3 rings (SSSR count). The lowest BCUT2D eigenvalue weighted by molar-refractivity contribution is -0.140. The van der Waals surface area contributed by atoms with E-state index in [-0.39, 0.29) is 17.9 Å². The minimum atomic E-state index is -0.444. The van der Waals surface area contributed by atoms with Crippen LogP contribution in [-0.4, -0.2) is 35.7 Å². The van der Waals surface area contributed by atoms with E-state index in [0.717, 1.165) is 28.1 Å². The van der Waals surface area contributed by atoms with Crippen LogP contribution in [0.5, 0.6) is 0 Å². The van der Waals surface area contributed by atoms with Crippen molar-refractivity contribution in [3.05, 3.63) is 70.4 Å². The lowest BCUT2D eigenvalue weighted by Gasteiger charge is -2.35. The Labute approximate surface area is 206 Å². The second kappa shape index (κ2) is 10.7. The van der Waals surface area contributed by atoms with Gasteiger partial charge in [0, 0.05) is 24.1 Å². The molecule has 0 saturated heterocycles. The third-order valence-corrected chi connectivity index (χ3v) is 6.13. The lowest BCUT2D eigenvalue weighted by atomic mass is 9.95. The summed E-state index contributed by atoms with van der Waals surface area (Å²) in [6.07, 6.45) is 0. The average Bonchev–Trinajstić information content (AvgIpc) is 2.78. The first kappa shape index (κ1) is 25.2. The van der Waals surface area contributed by atoms with Crippen molar-refractivity contribution >= 4 is 40.7 Å². The van der Waals surface area contributed by atoms with E-state index < -0.39 is 6.04 Å². The van der Waals surface area contributed by atoms with Crippen molar-refractivity contribution in [1.82, 2.24) is 10.2 Å². The molecule has 180 valence electrons. The van der Waals surface area contributed by atoms with Crippen LogP contribution in [-0.2, 0) is 9.53 Å². The van der Waals surface area contributed by atoms with Crippen molar-refractivity contribution in [1.29, 1.82) is 0 Å². The van der Waals surface area contributed by atoms with Crippen LogP contribution < -0.4 is 16.0 Å². The van der Waals surface area contributed by atoms with E-state index in [2.05, 4.69) is 16.0 Å². The maximum absolute atomic E-state index is 12.9. The Kier molecular flexibility index (Phi) is 7.94. The fourth-order valence-corrected chi connectivity index (χ4v) is 3.97. The maximum Gasteiger partial charge on any atom is 0.338 e. The van der Waals surface area contributed by atoms with Crippen LogP contribution in [0.2, 0.25) is 0 Å². The second-order valence-electron chi connectivity index (χ2n) is 8.90. The maximum atomic E-state index is 12.9. The first-order valence-corrected chi connectivity index (χ1v) is 11.7. The van der Waals surface area contributed by atoms with Crippen molar-refractivity contribution in [2.24, 2.45) is 5.92 Å². The van der Waals surface area contributed by atoms with Crippen LogP contribution in [0.3, 0.4) is 0 Å². The van der Waals surface area contributed by atoms with Crippen molar-refractivity contribution in [2.75, 3.05) is 24.3 Å². The van der Waals surface area contributed by atoms with Gasteiger partial charge in [-0.05, 0) is 67.7 Å². The molecule has 1 aliphatic heterocycles. The molecule has 0 aromatic heterocycles. The number of carbonyl (C=O) groups excluding carboxylic acids is 2. The third kappa shape index (κ3) is 5.75. The van der Waals surface area contributed by atoms with Gasteiger partial charge in [0.2, 0.25) is 0 Å². The number of allylic oxidation sites excluding steroid dienone is 1. The Morgan fingerprint density at radius 3 is 2.26 bits per heavy atom. The van der Waals surface area contributed by atoms with Crippen LogP contribution in [0.15, 0.2) is 53.7 Å². The topological polar surface area (TPSA) is 82.7 Å². The number of ether oxygens (including phenoxy) is 1. The molecule has 2 aromatic carbocycles. The minimum absolute atomic E-state index is 0.235. The normalized spacial score (nSPS) is 15.8. The fourth-order valence-electron chi connectivity index (χ4n) is 3.72. The summed E-state index contributed by atoms with van der Waals surface area (Å²) in [6, 6.07) is 12.4.